The molecule has 0 amide bonds. The molecular weight excluding hydrogens is 894 g/mol. The Morgan fingerprint density at radius 1 is 0.365 bits per heavy atom. The summed E-state index contributed by atoms with van der Waals surface area (Å²) in [5.41, 5.74) is 6.63. The quantitative estimate of drug-likeness (QED) is 0.214. The first-order valence-electron chi connectivity index (χ1n) is 20.6. The van der Waals surface area contributed by atoms with E-state index in [9.17, 15) is 0 Å². The van der Waals surface area contributed by atoms with Crippen molar-refractivity contribution in [2.75, 3.05) is 0 Å². The zero-order chi connectivity index (χ0) is 34.4. The Balaban J connectivity index is 0.000000338. The molecule has 4 fully saturated rings. The molecule has 0 aromatic heterocycles. The summed E-state index contributed by atoms with van der Waals surface area (Å²) in [4.78, 5) is 0. The molecule has 8 rings (SSSR count). The van der Waals surface area contributed by atoms with Gasteiger partial charge in [-0.2, -0.15) is 0 Å². The minimum atomic E-state index is -0.837. The van der Waals surface area contributed by atoms with E-state index in [1.807, 2.05) is 0 Å². The van der Waals surface area contributed by atoms with E-state index in [0.29, 0.717) is 0 Å². The molecule has 4 heterocycles. The van der Waals surface area contributed by atoms with Crippen LogP contribution in [-0.4, -0.2) is 32.3 Å². The van der Waals surface area contributed by atoms with Crippen LogP contribution in [0.5, 0.6) is 0 Å². The average Bonchev–Trinajstić information content (AvgIpc) is 3.87. The van der Waals surface area contributed by atoms with Gasteiger partial charge >= 0.3 is 0 Å². The first kappa shape index (κ1) is 51.2. The van der Waals surface area contributed by atoms with Gasteiger partial charge in [-0.1, -0.05) is 220 Å². The van der Waals surface area contributed by atoms with E-state index in [2.05, 4.69) is 102 Å². The fourth-order valence-electron chi connectivity index (χ4n) is 8.97. The van der Waals surface area contributed by atoms with E-state index in [1.165, 1.54) is 77.0 Å². The van der Waals surface area contributed by atoms with Crippen molar-refractivity contribution >= 4 is 32.3 Å². The van der Waals surface area contributed by atoms with Crippen LogP contribution in [0.1, 0.15) is 105 Å². The van der Waals surface area contributed by atoms with Crippen LogP contribution in [0.2, 0.25) is 74.5 Å². The summed E-state index contributed by atoms with van der Waals surface area (Å²) in [7, 11) is -3.35. The third-order valence-corrected chi connectivity index (χ3v) is 32.8. The van der Waals surface area contributed by atoms with Crippen LogP contribution in [0.3, 0.4) is 0 Å². The van der Waals surface area contributed by atoms with E-state index >= 15 is 0 Å². The third-order valence-electron chi connectivity index (χ3n) is 14.2. The average molecular weight is 967 g/mol. The molecule has 0 bridgehead atoms. The van der Waals surface area contributed by atoms with Crippen LogP contribution < -0.4 is 24.8 Å². The second-order valence-corrected chi connectivity index (χ2v) is 36.5. The Kier molecular flexibility index (Phi) is 22.5. The molecule has 4 saturated heterocycles. The van der Waals surface area contributed by atoms with Gasteiger partial charge in [0, 0.05) is 52.4 Å². The first-order valence-corrected chi connectivity index (χ1v) is 32.2. The molecule has 0 radical (unpaired) electrons. The molecule has 0 aromatic carbocycles. The van der Waals surface area contributed by atoms with Gasteiger partial charge in [-0.15, -0.1) is 0 Å². The standard InChI is InChI=1S/4C11H18Si.2ClH.2Zr/c4*1-3-10-5-6-11(9-10)12(2)7-4-8-12;;;;/h4*6,9H,3-5,7-8H2,1-2H3;2*1H;;/p-2. The summed E-state index contributed by atoms with van der Waals surface area (Å²) in [5, 5.41) is 7.08. The fraction of sp³-hybridized carbons (Fsp3) is 0.636. The van der Waals surface area contributed by atoms with E-state index < -0.39 is 32.3 Å². The summed E-state index contributed by atoms with van der Waals surface area (Å²) in [5.74, 6) is 0. The Morgan fingerprint density at radius 2 is 0.538 bits per heavy atom. The van der Waals surface area contributed by atoms with Gasteiger partial charge in [0.1, 0.15) is 0 Å². The predicted molar refractivity (Wildman–Crippen MR) is 228 cm³/mol. The van der Waals surface area contributed by atoms with Crippen LogP contribution in [0.4, 0.5) is 0 Å². The molecule has 0 unspecified atom stereocenters. The van der Waals surface area contributed by atoms with Crippen molar-refractivity contribution < 1.29 is 77.2 Å². The van der Waals surface area contributed by atoms with E-state index in [4.69, 9.17) is 0 Å². The maximum Gasteiger partial charge on any atom is 0.0832 e. The molecule has 8 heteroatoms. The van der Waals surface area contributed by atoms with Gasteiger partial charge in [0.2, 0.25) is 0 Å². The Hall–Kier alpha value is 1.13. The number of hydrogen-bond acceptors (Lipinski definition) is 0. The van der Waals surface area contributed by atoms with Gasteiger partial charge in [-0.25, -0.2) is 0 Å². The predicted octanol–water partition coefficient (Wildman–Crippen LogP) is 8.70. The second kappa shape index (κ2) is 22.9. The SMILES string of the molecule is CCC1=CC([Si]2(C)CCC2)=CC1.CCC1=CC([Si]2(C)CCC2)=CC1.CCC1=CC([Si]2(C)CCC2)=CC1.CCC1=CC([Si]2(C)CCC2)=CC1.[Cl-].[Cl-].[Zr].[Zr]. The van der Waals surface area contributed by atoms with Gasteiger partial charge in [0.05, 0.1) is 32.3 Å². The molecular formula is C44H72Cl2Si4Zr2-2. The fourth-order valence-corrected chi connectivity index (χ4v) is 21.5. The van der Waals surface area contributed by atoms with Gasteiger partial charge in [0.25, 0.3) is 0 Å². The van der Waals surface area contributed by atoms with Gasteiger partial charge in [-0.05, 0) is 51.4 Å². The Bertz CT molecular complexity index is 1220. The molecule has 0 N–H and O–H groups in total. The van der Waals surface area contributed by atoms with Crippen LogP contribution in [0.25, 0.3) is 0 Å². The minimum absolute atomic E-state index is 0. The van der Waals surface area contributed by atoms with Gasteiger partial charge < -0.3 is 24.8 Å². The summed E-state index contributed by atoms with van der Waals surface area (Å²) in [6.07, 6.45) is 36.1. The van der Waals surface area contributed by atoms with Crippen molar-refractivity contribution in [3.05, 3.63) is 91.7 Å². The van der Waals surface area contributed by atoms with Crippen molar-refractivity contribution in [1.82, 2.24) is 0 Å². The van der Waals surface area contributed by atoms with E-state index in [0.717, 1.165) is 0 Å². The first-order chi connectivity index (χ1) is 23.0. The smallest absolute Gasteiger partial charge is 0.0832 e. The van der Waals surface area contributed by atoms with Crippen molar-refractivity contribution in [3.8, 4) is 0 Å². The maximum absolute atomic E-state index is 2.55. The van der Waals surface area contributed by atoms with E-state index in [-0.39, 0.29) is 77.2 Å². The molecule has 4 aliphatic carbocycles. The number of hydrogen-bond donors (Lipinski definition) is 0. The van der Waals surface area contributed by atoms with Crippen LogP contribution in [0.15, 0.2) is 91.7 Å². The molecule has 4 aliphatic heterocycles. The largest absolute Gasteiger partial charge is 1.00 e. The summed E-state index contributed by atoms with van der Waals surface area (Å²) >= 11 is 0. The third kappa shape index (κ3) is 12.6. The molecule has 288 valence electrons. The zero-order valence-electron chi connectivity index (χ0n) is 34.5. The molecule has 0 aromatic rings. The number of halogens is 2. The van der Waals surface area contributed by atoms with Crippen molar-refractivity contribution in [2.24, 2.45) is 0 Å². The normalized spacial score (nSPS) is 24.2. The van der Waals surface area contributed by atoms with E-state index in [1.54, 1.807) is 91.4 Å². The zero-order valence-corrected chi connectivity index (χ0v) is 44.9. The molecule has 0 nitrogen and oxygen atoms in total. The minimum Gasteiger partial charge on any atom is -1.00 e. The number of rotatable bonds is 8. The van der Waals surface area contributed by atoms with Gasteiger partial charge in [0.15, 0.2) is 0 Å². The van der Waals surface area contributed by atoms with Crippen molar-refractivity contribution in [3.63, 3.8) is 0 Å². The van der Waals surface area contributed by atoms with Crippen molar-refractivity contribution in [1.29, 1.82) is 0 Å². The Morgan fingerprint density at radius 3 is 0.635 bits per heavy atom. The molecule has 52 heavy (non-hydrogen) atoms. The van der Waals surface area contributed by atoms with Crippen LogP contribution in [-0.2, 0) is 52.4 Å². The van der Waals surface area contributed by atoms with Crippen molar-refractivity contribution in [2.45, 2.75) is 179 Å². The summed E-state index contributed by atoms with van der Waals surface area (Å²) < 4.78 is 0. The summed E-state index contributed by atoms with van der Waals surface area (Å²) in [6, 6.07) is 12.4. The molecule has 0 spiro atoms. The number of allylic oxidation sites excluding steroid dienone is 16. The maximum atomic E-state index is 2.55. The van der Waals surface area contributed by atoms with Crippen LogP contribution >= 0.6 is 0 Å². The molecule has 8 aliphatic rings. The van der Waals surface area contributed by atoms with Gasteiger partial charge in [-0.3, -0.25) is 0 Å². The molecule has 0 atom stereocenters. The van der Waals surface area contributed by atoms with Crippen LogP contribution in [0, 0.1) is 0 Å². The summed E-state index contributed by atoms with van der Waals surface area (Å²) in [6.45, 7) is 19.3. The molecule has 0 saturated carbocycles. The topological polar surface area (TPSA) is 0 Å². The Labute approximate surface area is 376 Å². The monoisotopic (exact) mass is 962 g/mol. The second-order valence-electron chi connectivity index (χ2n) is 17.7.